The SMILES string of the molecule is CC1=C(C#N)C(=C(C#N)C#N)OC1(C)c1c(F)c(C)c(C)c(F)c1F. The van der Waals surface area contributed by atoms with Crippen LogP contribution >= 0.6 is 0 Å². The van der Waals surface area contributed by atoms with Crippen molar-refractivity contribution in [2.24, 2.45) is 0 Å². The van der Waals surface area contributed by atoms with Gasteiger partial charge in [-0.05, 0) is 44.4 Å². The van der Waals surface area contributed by atoms with Gasteiger partial charge in [-0.15, -0.1) is 0 Å². The number of nitrogens with zero attached hydrogens (tertiary/aromatic N) is 3. The summed E-state index contributed by atoms with van der Waals surface area (Å²) in [7, 11) is 0. The molecule has 1 aliphatic rings. The maximum Gasteiger partial charge on any atom is 0.172 e. The van der Waals surface area contributed by atoms with Crippen molar-refractivity contribution < 1.29 is 17.9 Å². The molecule has 1 aromatic rings. The van der Waals surface area contributed by atoms with Crippen LogP contribution in [0.1, 0.15) is 30.5 Å². The largest absolute Gasteiger partial charge is 0.475 e. The number of ether oxygens (including phenoxy) is 1. The minimum Gasteiger partial charge on any atom is -0.475 e. The predicted molar refractivity (Wildman–Crippen MR) is 80.8 cm³/mol. The van der Waals surface area contributed by atoms with Gasteiger partial charge in [-0.25, -0.2) is 13.2 Å². The van der Waals surface area contributed by atoms with Crippen molar-refractivity contribution in [3.05, 3.63) is 56.6 Å². The van der Waals surface area contributed by atoms with Crippen LogP contribution in [0.15, 0.2) is 22.5 Å². The Morgan fingerprint density at radius 3 is 1.92 bits per heavy atom. The molecule has 2 rings (SSSR count). The molecule has 1 aliphatic heterocycles. The quantitative estimate of drug-likeness (QED) is 0.568. The lowest BCUT2D eigenvalue weighted by atomic mass is 9.85. The molecule has 0 saturated carbocycles. The van der Waals surface area contributed by atoms with Gasteiger partial charge in [-0.2, -0.15) is 15.8 Å². The second kappa shape index (κ2) is 6.00. The van der Waals surface area contributed by atoms with E-state index in [0.717, 1.165) is 0 Å². The molecule has 7 heteroatoms. The van der Waals surface area contributed by atoms with E-state index in [4.69, 9.17) is 15.3 Å². The van der Waals surface area contributed by atoms with Crippen LogP contribution in [-0.2, 0) is 10.3 Å². The number of rotatable bonds is 1. The zero-order valence-electron chi connectivity index (χ0n) is 13.9. The summed E-state index contributed by atoms with van der Waals surface area (Å²) in [5.74, 6) is -4.03. The summed E-state index contributed by atoms with van der Waals surface area (Å²) >= 11 is 0. The number of hydrogen-bond donors (Lipinski definition) is 0. The Bertz CT molecular complexity index is 942. The van der Waals surface area contributed by atoms with Gasteiger partial charge in [0.15, 0.2) is 28.6 Å². The summed E-state index contributed by atoms with van der Waals surface area (Å²) in [6.45, 7) is 5.18. The molecule has 0 aliphatic carbocycles. The Hall–Kier alpha value is -3.24. The molecule has 0 amide bonds. The van der Waals surface area contributed by atoms with Gasteiger partial charge in [0.25, 0.3) is 0 Å². The molecule has 0 fully saturated rings. The molecule has 0 N–H and O–H groups in total. The summed E-state index contributed by atoms with van der Waals surface area (Å²) < 4.78 is 49.0. The van der Waals surface area contributed by atoms with E-state index in [-0.39, 0.29) is 28.0 Å². The van der Waals surface area contributed by atoms with Gasteiger partial charge in [0, 0.05) is 0 Å². The zero-order valence-corrected chi connectivity index (χ0v) is 13.9. The monoisotopic (exact) mass is 343 g/mol. The number of nitriles is 3. The minimum atomic E-state index is -1.87. The fourth-order valence-electron chi connectivity index (χ4n) is 2.72. The molecule has 25 heavy (non-hydrogen) atoms. The predicted octanol–water partition coefficient (Wildman–Crippen LogP) is 4.11. The molecular formula is C18H12F3N3O. The van der Waals surface area contributed by atoms with Crippen LogP contribution in [0.4, 0.5) is 13.2 Å². The third kappa shape index (κ3) is 2.35. The Labute approximate surface area is 142 Å². The van der Waals surface area contributed by atoms with Gasteiger partial charge in [-0.3, -0.25) is 0 Å². The molecule has 0 bridgehead atoms. The van der Waals surface area contributed by atoms with Gasteiger partial charge < -0.3 is 4.74 Å². The van der Waals surface area contributed by atoms with Crippen molar-refractivity contribution in [2.75, 3.05) is 0 Å². The summed E-state index contributed by atoms with van der Waals surface area (Å²) in [5.41, 5.74) is -3.46. The van der Waals surface area contributed by atoms with Crippen LogP contribution in [0, 0.1) is 65.3 Å². The molecule has 126 valence electrons. The smallest absolute Gasteiger partial charge is 0.172 e. The number of halogens is 3. The van der Waals surface area contributed by atoms with Crippen molar-refractivity contribution in [1.82, 2.24) is 0 Å². The number of hydrogen-bond acceptors (Lipinski definition) is 4. The van der Waals surface area contributed by atoms with Crippen LogP contribution < -0.4 is 0 Å². The van der Waals surface area contributed by atoms with Gasteiger partial charge in [-0.1, -0.05) is 0 Å². The maximum absolute atomic E-state index is 14.8. The number of allylic oxidation sites excluding steroid dienone is 2. The van der Waals surface area contributed by atoms with E-state index in [1.807, 2.05) is 0 Å². The first kappa shape index (κ1) is 18.1. The molecule has 0 radical (unpaired) electrons. The van der Waals surface area contributed by atoms with E-state index in [1.165, 1.54) is 27.7 Å². The van der Waals surface area contributed by atoms with E-state index in [9.17, 15) is 18.4 Å². The third-order valence-electron chi connectivity index (χ3n) is 4.52. The van der Waals surface area contributed by atoms with Gasteiger partial charge in [0.2, 0.25) is 0 Å². The molecule has 0 aromatic heterocycles. The average Bonchev–Trinajstić information content (AvgIpc) is 2.84. The average molecular weight is 343 g/mol. The fraction of sp³-hybridized carbons (Fsp3) is 0.278. The second-order valence-electron chi connectivity index (χ2n) is 5.74. The summed E-state index contributed by atoms with van der Waals surface area (Å²) in [6, 6.07) is 4.92. The van der Waals surface area contributed by atoms with E-state index in [1.54, 1.807) is 18.2 Å². The molecule has 1 heterocycles. The Balaban J connectivity index is 2.91. The van der Waals surface area contributed by atoms with Crippen LogP contribution in [0.25, 0.3) is 0 Å². The Morgan fingerprint density at radius 1 is 0.920 bits per heavy atom. The lowest BCUT2D eigenvalue weighted by molar-refractivity contribution is 0.0645. The highest BCUT2D eigenvalue weighted by atomic mass is 19.2. The first-order chi connectivity index (χ1) is 11.6. The second-order valence-corrected chi connectivity index (χ2v) is 5.74. The highest BCUT2D eigenvalue weighted by Crippen LogP contribution is 2.48. The first-order valence-corrected chi connectivity index (χ1v) is 7.15. The first-order valence-electron chi connectivity index (χ1n) is 7.15. The van der Waals surface area contributed by atoms with Crippen molar-refractivity contribution in [3.63, 3.8) is 0 Å². The topological polar surface area (TPSA) is 80.6 Å². The lowest BCUT2D eigenvalue weighted by Crippen LogP contribution is -2.28. The lowest BCUT2D eigenvalue weighted by Gasteiger charge is -2.28. The summed E-state index contributed by atoms with van der Waals surface area (Å²) in [4.78, 5) is 0. The molecule has 1 atom stereocenters. The highest BCUT2D eigenvalue weighted by Gasteiger charge is 2.47. The highest BCUT2D eigenvalue weighted by molar-refractivity contribution is 5.59. The van der Waals surface area contributed by atoms with Crippen LogP contribution in [0.3, 0.4) is 0 Å². The maximum atomic E-state index is 14.8. The standard InChI is InChI=1S/C18H12F3N3O/c1-8-9(2)15(20)16(21)13(14(8)19)18(4)10(3)12(7-24)17(25-18)11(5-22)6-23/h1-4H3. The molecule has 1 unspecified atom stereocenters. The van der Waals surface area contributed by atoms with E-state index in [2.05, 4.69) is 0 Å². The third-order valence-corrected chi connectivity index (χ3v) is 4.52. The van der Waals surface area contributed by atoms with E-state index >= 15 is 0 Å². The van der Waals surface area contributed by atoms with Crippen molar-refractivity contribution in [1.29, 1.82) is 15.8 Å². The number of benzene rings is 1. The normalized spacial score (nSPS) is 19.1. The molecule has 1 aromatic carbocycles. The Morgan fingerprint density at radius 2 is 1.44 bits per heavy atom. The van der Waals surface area contributed by atoms with Crippen LogP contribution in [0.5, 0.6) is 0 Å². The minimum absolute atomic E-state index is 0.0773. The molecule has 0 spiro atoms. The Kier molecular flexibility index (Phi) is 4.34. The van der Waals surface area contributed by atoms with Crippen LogP contribution in [0.2, 0.25) is 0 Å². The van der Waals surface area contributed by atoms with Crippen molar-refractivity contribution >= 4 is 0 Å². The molecule has 4 nitrogen and oxygen atoms in total. The van der Waals surface area contributed by atoms with E-state index in [0.29, 0.717) is 0 Å². The van der Waals surface area contributed by atoms with Crippen LogP contribution in [-0.4, -0.2) is 0 Å². The molecular weight excluding hydrogens is 331 g/mol. The molecule has 0 saturated heterocycles. The van der Waals surface area contributed by atoms with Crippen molar-refractivity contribution in [3.8, 4) is 18.2 Å². The van der Waals surface area contributed by atoms with E-state index < -0.39 is 34.2 Å². The van der Waals surface area contributed by atoms with Crippen molar-refractivity contribution in [2.45, 2.75) is 33.3 Å². The van der Waals surface area contributed by atoms with Gasteiger partial charge >= 0.3 is 0 Å². The van der Waals surface area contributed by atoms with Gasteiger partial charge in [0.05, 0.1) is 11.1 Å². The fourth-order valence-corrected chi connectivity index (χ4v) is 2.72. The summed E-state index contributed by atoms with van der Waals surface area (Å²) in [5, 5.41) is 27.3. The zero-order chi connectivity index (χ0) is 19.1. The van der Waals surface area contributed by atoms with Gasteiger partial charge in [0.1, 0.15) is 24.0 Å². The summed E-state index contributed by atoms with van der Waals surface area (Å²) in [6.07, 6.45) is 0.